The molecule has 3 unspecified atom stereocenters. The van der Waals surface area contributed by atoms with E-state index >= 15 is 0 Å². The fourth-order valence-electron chi connectivity index (χ4n) is 1.85. The predicted octanol–water partition coefficient (Wildman–Crippen LogP) is 3.05. The molecule has 0 aliphatic carbocycles. The van der Waals surface area contributed by atoms with E-state index < -0.39 is 10.8 Å². The third-order valence-corrected chi connectivity index (χ3v) is 5.51. The van der Waals surface area contributed by atoms with Gasteiger partial charge in [0.25, 0.3) is 0 Å². The molecule has 0 heterocycles. The van der Waals surface area contributed by atoms with Crippen LogP contribution >= 0.6 is 0 Å². The highest BCUT2D eigenvalue weighted by Gasteiger charge is 2.19. The molecule has 18 heavy (non-hydrogen) atoms. The summed E-state index contributed by atoms with van der Waals surface area (Å²) >= 11 is 0. The zero-order valence-corrected chi connectivity index (χ0v) is 12.9. The molecule has 0 aliphatic heterocycles. The van der Waals surface area contributed by atoms with Crippen LogP contribution in [0.3, 0.4) is 0 Å². The van der Waals surface area contributed by atoms with E-state index in [1.165, 1.54) is 11.1 Å². The fourth-order valence-corrected chi connectivity index (χ4v) is 3.45. The van der Waals surface area contributed by atoms with Crippen molar-refractivity contribution in [2.24, 2.45) is 5.92 Å². The van der Waals surface area contributed by atoms with Crippen molar-refractivity contribution in [1.29, 1.82) is 0 Å². The molecule has 2 nitrogen and oxygen atoms in total. The summed E-state index contributed by atoms with van der Waals surface area (Å²) in [6.45, 7) is 8.42. The number of benzene rings is 1. The fraction of sp³-hybridized carbons (Fsp3) is 0.600. The first-order valence-corrected chi connectivity index (χ1v) is 7.95. The maximum atomic E-state index is 12.3. The number of rotatable bonds is 6. The van der Waals surface area contributed by atoms with Gasteiger partial charge in [0.05, 0.1) is 0 Å². The monoisotopic (exact) mass is 267 g/mol. The second-order valence-corrected chi connectivity index (χ2v) is 7.09. The first kappa shape index (κ1) is 15.4. The van der Waals surface area contributed by atoms with Crippen molar-refractivity contribution in [3.8, 4) is 0 Å². The molecule has 1 aromatic rings. The molecule has 3 heteroatoms. The number of hydrogen-bond acceptors (Lipinski definition) is 2. The zero-order chi connectivity index (χ0) is 13.7. The number of nitrogens with one attached hydrogen (secondary N) is 1. The standard InChI is InChI=1S/C15H25NOS/c1-11(2)13(4)18(17)10-15(16-5)14-8-6-7-12(3)9-14/h6-9,11,13,15-16H,10H2,1-5H3. The van der Waals surface area contributed by atoms with Crippen LogP contribution in [0.1, 0.15) is 37.9 Å². The van der Waals surface area contributed by atoms with Gasteiger partial charge in [0, 0.05) is 27.8 Å². The molecular weight excluding hydrogens is 242 g/mol. The van der Waals surface area contributed by atoms with Crippen molar-refractivity contribution in [1.82, 2.24) is 5.32 Å². The summed E-state index contributed by atoms with van der Waals surface area (Å²) in [6.07, 6.45) is 0. The molecule has 0 bridgehead atoms. The van der Waals surface area contributed by atoms with Gasteiger partial charge in [-0.15, -0.1) is 0 Å². The maximum Gasteiger partial charge on any atom is 0.0434 e. The van der Waals surface area contributed by atoms with Crippen LogP contribution < -0.4 is 5.32 Å². The Hall–Kier alpha value is -0.670. The maximum absolute atomic E-state index is 12.3. The highest BCUT2D eigenvalue weighted by molar-refractivity contribution is 7.85. The summed E-state index contributed by atoms with van der Waals surface area (Å²) in [5.41, 5.74) is 2.47. The second-order valence-electron chi connectivity index (χ2n) is 5.25. The van der Waals surface area contributed by atoms with Crippen molar-refractivity contribution in [3.63, 3.8) is 0 Å². The Morgan fingerprint density at radius 2 is 1.94 bits per heavy atom. The van der Waals surface area contributed by atoms with E-state index in [-0.39, 0.29) is 11.3 Å². The Kier molecular flexibility index (Phi) is 6.03. The van der Waals surface area contributed by atoms with Crippen molar-refractivity contribution in [2.45, 2.75) is 39.0 Å². The zero-order valence-electron chi connectivity index (χ0n) is 12.1. The number of hydrogen-bond donors (Lipinski definition) is 1. The highest BCUT2D eigenvalue weighted by Crippen LogP contribution is 2.18. The van der Waals surface area contributed by atoms with Gasteiger partial charge in [-0.2, -0.15) is 0 Å². The molecule has 3 atom stereocenters. The molecule has 0 fully saturated rings. The van der Waals surface area contributed by atoms with Gasteiger partial charge < -0.3 is 5.32 Å². The second kappa shape index (κ2) is 7.05. The predicted molar refractivity (Wildman–Crippen MR) is 80.3 cm³/mol. The molecule has 1 aromatic carbocycles. The minimum atomic E-state index is -0.794. The van der Waals surface area contributed by atoms with E-state index in [9.17, 15) is 4.21 Å². The minimum Gasteiger partial charge on any atom is -0.312 e. The third kappa shape index (κ3) is 4.21. The molecule has 1 rings (SSSR count). The van der Waals surface area contributed by atoms with Crippen molar-refractivity contribution in [3.05, 3.63) is 35.4 Å². The molecular formula is C15H25NOS. The molecule has 0 spiro atoms. The lowest BCUT2D eigenvalue weighted by molar-refractivity contribution is 0.589. The van der Waals surface area contributed by atoms with Crippen LogP contribution in [0, 0.1) is 12.8 Å². The largest absolute Gasteiger partial charge is 0.312 e. The van der Waals surface area contributed by atoms with Gasteiger partial charge in [-0.1, -0.05) is 50.6 Å². The van der Waals surface area contributed by atoms with Crippen LogP contribution in [0.25, 0.3) is 0 Å². The average Bonchev–Trinajstić information content (AvgIpc) is 2.34. The molecule has 0 radical (unpaired) electrons. The van der Waals surface area contributed by atoms with Gasteiger partial charge in [-0.05, 0) is 25.5 Å². The van der Waals surface area contributed by atoms with Crippen molar-refractivity contribution < 1.29 is 4.21 Å². The molecule has 0 aliphatic rings. The molecule has 0 saturated heterocycles. The van der Waals surface area contributed by atoms with Crippen LogP contribution in [0.2, 0.25) is 0 Å². The Labute approximate surface area is 114 Å². The summed E-state index contributed by atoms with van der Waals surface area (Å²) in [4.78, 5) is 0. The number of aryl methyl sites for hydroxylation is 1. The Bertz CT molecular complexity index is 403. The van der Waals surface area contributed by atoms with E-state index in [2.05, 4.69) is 57.3 Å². The third-order valence-electron chi connectivity index (χ3n) is 3.48. The van der Waals surface area contributed by atoms with Gasteiger partial charge in [-0.3, -0.25) is 4.21 Å². The Balaban J connectivity index is 2.76. The normalized spacial score (nSPS) is 16.6. The van der Waals surface area contributed by atoms with Crippen LogP contribution in [-0.4, -0.2) is 22.3 Å². The van der Waals surface area contributed by atoms with E-state index in [4.69, 9.17) is 0 Å². The summed E-state index contributed by atoms with van der Waals surface area (Å²) in [5.74, 6) is 1.14. The SMILES string of the molecule is CNC(CS(=O)C(C)C(C)C)c1cccc(C)c1. The van der Waals surface area contributed by atoms with E-state index in [0.29, 0.717) is 11.7 Å². The van der Waals surface area contributed by atoms with Crippen molar-refractivity contribution >= 4 is 10.8 Å². The molecule has 1 N–H and O–H groups in total. The lowest BCUT2D eigenvalue weighted by Gasteiger charge is -2.21. The Morgan fingerprint density at radius 1 is 1.28 bits per heavy atom. The molecule has 0 aromatic heterocycles. The van der Waals surface area contributed by atoms with Crippen LogP contribution in [0.5, 0.6) is 0 Å². The van der Waals surface area contributed by atoms with Crippen LogP contribution in [-0.2, 0) is 10.8 Å². The van der Waals surface area contributed by atoms with Gasteiger partial charge in [0.2, 0.25) is 0 Å². The summed E-state index contributed by atoms with van der Waals surface area (Å²) in [6, 6.07) is 8.59. The summed E-state index contributed by atoms with van der Waals surface area (Å²) < 4.78 is 12.3. The quantitative estimate of drug-likeness (QED) is 0.858. The molecule has 0 amide bonds. The summed E-state index contributed by atoms with van der Waals surface area (Å²) in [7, 11) is 1.14. The first-order valence-electron chi connectivity index (χ1n) is 6.56. The van der Waals surface area contributed by atoms with E-state index in [0.717, 1.165) is 0 Å². The summed E-state index contributed by atoms with van der Waals surface area (Å²) in [5, 5.41) is 3.52. The van der Waals surface area contributed by atoms with Gasteiger partial charge >= 0.3 is 0 Å². The average molecular weight is 267 g/mol. The van der Waals surface area contributed by atoms with Gasteiger partial charge in [0.1, 0.15) is 0 Å². The van der Waals surface area contributed by atoms with Crippen LogP contribution in [0.4, 0.5) is 0 Å². The lowest BCUT2D eigenvalue weighted by Crippen LogP contribution is -2.28. The van der Waals surface area contributed by atoms with Gasteiger partial charge in [-0.25, -0.2) is 0 Å². The first-order chi connectivity index (χ1) is 8.45. The highest BCUT2D eigenvalue weighted by atomic mass is 32.2. The lowest BCUT2D eigenvalue weighted by atomic mass is 10.1. The molecule has 0 saturated carbocycles. The van der Waals surface area contributed by atoms with Crippen LogP contribution in [0.15, 0.2) is 24.3 Å². The smallest absolute Gasteiger partial charge is 0.0434 e. The molecule has 102 valence electrons. The van der Waals surface area contributed by atoms with Crippen molar-refractivity contribution in [2.75, 3.05) is 12.8 Å². The van der Waals surface area contributed by atoms with E-state index in [1.54, 1.807) is 0 Å². The van der Waals surface area contributed by atoms with E-state index in [1.807, 2.05) is 7.05 Å². The minimum absolute atomic E-state index is 0.173. The Morgan fingerprint density at radius 3 is 2.44 bits per heavy atom. The topological polar surface area (TPSA) is 29.1 Å². The van der Waals surface area contributed by atoms with Gasteiger partial charge in [0.15, 0.2) is 0 Å².